The Labute approximate surface area is 123 Å². The number of carbonyl (C=O) groups excluding carboxylic acids is 1. The first-order chi connectivity index (χ1) is 10.3. The molecule has 3 rings (SSSR count). The van der Waals surface area contributed by atoms with E-state index in [-0.39, 0.29) is 11.8 Å². The van der Waals surface area contributed by atoms with Crippen LogP contribution in [0.15, 0.2) is 47.4 Å². The van der Waals surface area contributed by atoms with E-state index >= 15 is 0 Å². The third-order valence-electron chi connectivity index (χ3n) is 3.60. The summed E-state index contributed by atoms with van der Waals surface area (Å²) in [5, 5.41) is 2.95. The van der Waals surface area contributed by atoms with E-state index in [2.05, 4.69) is 27.4 Å². The minimum absolute atomic E-state index is 0.0683. The molecule has 0 saturated heterocycles. The molecule has 0 aromatic carbocycles. The normalized spacial score (nSPS) is 17.6. The number of nitrogens with one attached hydrogen (secondary N) is 1. The van der Waals surface area contributed by atoms with Gasteiger partial charge in [0, 0.05) is 18.3 Å². The van der Waals surface area contributed by atoms with Crippen LogP contribution in [0.5, 0.6) is 0 Å². The fourth-order valence-electron chi connectivity index (χ4n) is 2.46. The van der Waals surface area contributed by atoms with Gasteiger partial charge in [-0.25, -0.2) is 4.98 Å². The van der Waals surface area contributed by atoms with Crippen molar-refractivity contribution in [1.29, 1.82) is 0 Å². The molecule has 5 nitrogen and oxygen atoms in total. The quantitative estimate of drug-likeness (QED) is 0.876. The monoisotopic (exact) mass is 283 g/mol. The van der Waals surface area contributed by atoms with E-state index in [1.165, 1.54) is 0 Å². The highest BCUT2D eigenvalue weighted by molar-refractivity contribution is 5.79. The third kappa shape index (κ3) is 3.18. The molecule has 2 aromatic heterocycles. The van der Waals surface area contributed by atoms with Crippen LogP contribution in [-0.4, -0.2) is 15.9 Å². The fraction of sp³-hybridized carbons (Fsp3) is 0.312. The second-order valence-electron chi connectivity index (χ2n) is 5.03. The van der Waals surface area contributed by atoms with Crippen molar-refractivity contribution >= 4 is 5.91 Å². The molecule has 2 aromatic rings. The molecule has 0 radical (unpaired) electrons. The first kappa shape index (κ1) is 13.5. The van der Waals surface area contributed by atoms with Gasteiger partial charge >= 0.3 is 0 Å². The van der Waals surface area contributed by atoms with Gasteiger partial charge in [-0.2, -0.15) is 0 Å². The first-order valence-electron chi connectivity index (χ1n) is 7.11. The molecule has 0 aliphatic heterocycles. The number of carbonyl (C=O) groups is 1. The van der Waals surface area contributed by atoms with E-state index in [0.717, 1.165) is 19.3 Å². The standard InChI is InChI=1S/C16H17N3O2/c20-16(12-5-2-1-3-6-12)19-11-13-15(18-9-8-17-13)14-7-4-10-21-14/h1-2,4,7-10,12H,3,5-6,11H2,(H,19,20)/t12-/m0/s1. The van der Waals surface area contributed by atoms with Gasteiger partial charge in [-0.05, 0) is 31.4 Å². The van der Waals surface area contributed by atoms with Crippen LogP contribution in [0.25, 0.3) is 11.5 Å². The van der Waals surface area contributed by atoms with Crippen LogP contribution in [0.4, 0.5) is 0 Å². The van der Waals surface area contributed by atoms with E-state index in [4.69, 9.17) is 4.42 Å². The minimum Gasteiger partial charge on any atom is -0.463 e. The number of furan rings is 1. The van der Waals surface area contributed by atoms with Gasteiger partial charge in [0.2, 0.25) is 5.91 Å². The van der Waals surface area contributed by atoms with Gasteiger partial charge in [-0.15, -0.1) is 0 Å². The summed E-state index contributed by atoms with van der Waals surface area (Å²) in [6.07, 6.45) is 11.7. The summed E-state index contributed by atoms with van der Waals surface area (Å²) in [6.45, 7) is 0.364. The van der Waals surface area contributed by atoms with Gasteiger partial charge in [-0.1, -0.05) is 12.2 Å². The van der Waals surface area contributed by atoms with Crippen molar-refractivity contribution in [1.82, 2.24) is 15.3 Å². The second-order valence-corrected chi connectivity index (χ2v) is 5.03. The predicted molar refractivity (Wildman–Crippen MR) is 78.1 cm³/mol. The van der Waals surface area contributed by atoms with Crippen molar-refractivity contribution in [2.75, 3.05) is 0 Å². The third-order valence-corrected chi connectivity index (χ3v) is 3.60. The summed E-state index contributed by atoms with van der Waals surface area (Å²) in [5.41, 5.74) is 1.39. The molecule has 1 N–H and O–H groups in total. The molecule has 0 unspecified atom stereocenters. The van der Waals surface area contributed by atoms with Crippen LogP contribution in [-0.2, 0) is 11.3 Å². The van der Waals surface area contributed by atoms with Crippen molar-refractivity contribution in [3.8, 4) is 11.5 Å². The molecule has 0 saturated carbocycles. The van der Waals surface area contributed by atoms with Crippen LogP contribution >= 0.6 is 0 Å². The molecule has 0 fully saturated rings. The predicted octanol–water partition coefficient (Wildman–Crippen LogP) is 2.71. The Morgan fingerprint density at radius 1 is 1.33 bits per heavy atom. The van der Waals surface area contributed by atoms with Crippen LogP contribution in [0.3, 0.4) is 0 Å². The van der Waals surface area contributed by atoms with Crippen LogP contribution in [0.2, 0.25) is 0 Å². The SMILES string of the molecule is O=C(NCc1nccnc1-c1ccco1)[C@H]1CC=CCC1. The molecule has 2 heterocycles. The van der Waals surface area contributed by atoms with E-state index in [1.54, 1.807) is 24.7 Å². The lowest BCUT2D eigenvalue weighted by molar-refractivity contribution is -0.125. The summed E-state index contributed by atoms with van der Waals surface area (Å²) < 4.78 is 5.36. The van der Waals surface area contributed by atoms with Crippen molar-refractivity contribution < 1.29 is 9.21 Å². The highest BCUT2D eigenvalue weighted by atomic mass is 16.3. The molecule has 0 spiro atoms. The maximum Gasteiger partial charge on any atom is 0.223 e. The highest BCUT2D eigenvalue weighted by Gasteiger charge is 2.19. The van der Waals surface area contributed by atoms with Crippen molar-refractivity contribution in [2.24, 2.45) is 5.92 Å². The molecule has 21 heavy (non-hydrogen) atoms. The average Bonchev–Trinajstić information content (AvgIpc) is 3.08. The largest absolute Gasteiger partial charge is 0.463 e. The number of hydrogen-bond donors (Lipinski definition) is 1. The van der Waals surface area contributed by atoms with Gasteiger partial charge < -0.3 is 9.73 Å². The minimum atomic E-state index is 0.0683. The first-order valence-corrected chi connectivity index (χ1v) is 7.11. The maximum absolute atomic E-state index is 12.2. The number of amides is 1. The van der Waals surface area contributed by atoms with Gasteiger partial charge in [0.1, 0.15) is 5.69 Å². The fourth-order valence-corrected chi connectivity index (χ4v) is 2.46. The summed E-state index contributed by atoms with van der Waals surface area (Å²) >= 11 is 0. The number of rotatable bonds is 4. The van der Waals surface area contributed by atoms with Gasteiger partial charge in [0.05, 0.1) is 18.5 Å². The lowest BCUT2D eigenvalue weighted by Gasteiger charge is -2.17. The van der Waals surface area contributed by atoms with E-state index in [9.17, 15) is 4.79 Å². The Morgan fingerprint density at radius 2 is 2.24 bits per heavy atom. The molecular weight excluding hydrogens is 266 g/mol. The summed E-state index contributed by atoms with van der Waals surface area (Å²) in [7, 11) is 0. The van der Waals surface area contributed by atoms with Crippen molar-refractivity contribution in [3.63, 3.8) is 0 Å². The summed E-state index contributed by atoms with van der Waals surface area (Å²) in [6, 6.07) is 3.64. The summed E-state index contributed by atoms with van der Waals surface area (Å²) in [5.74, 6) is 0.807. The van der Waals surface area contributed by atoms with Crippen molar-refractivity contribution in [2.45, 2.75) is 25.8 Å². The molecular formula is C16H17N3O2. The molecule has 0 bridgehead atoms. The van der Waals surface area contributed by atoms with Crippen LogP contribution in [0.1, 0.15) is 25.0 Å². The highest BCUT2D eigenvalue weighted by Crippen LogP contribution is 2.21. The molecule has 1 aliphatic rings. The molecule has 1 aliphatic carbocycles. The van der Waals surface area contributed by atoms with E-state index in [0.29, 0.717) is 23.7 Å². The van der Waals surface area contributed by atoms with Gasteiger partial charge in [0.15, 0.2) is 5.76 Å². The lowest BCUT2D eigenvalue weighted by atomic mass is 9.94. The number of nitrogens with zero attached hydrogens (tertiary/aromatic N) is 2. The Hall–Kier alpha value is -2.43. The summed E-state index contributed by atoms with van der Waals surface area (Å²) in [4.78, 5) is 20.7. The topological polar surface area (TPSA) is 68.0 Å². The zero-order valence-electron chi connectivity index (χ0n) is 11.7. The molecule has 1 atom stereocenters. The average molecular weight is 283 g/mol. The number of aromatic nitrogens is 2. The number of hydrogen-bond acceptors (Lipinski definition) is 4. The smallest absolute Gasteiger partial charge is 0.223 e. The second kappa shape index (κ2) is 6.35. The number of allylic oxidation sites excluding steroid dienone is 2. The van der Waals surface area contributed by atoms with E-state index < -0.39 is 0 Å². The zero-order chi connectivity index (χ0) is 14.5. The zero-order valence-corrected chi connectivity index (χ0v) is 11.7. The molecule has 108 valence electrons. The van der Waals surface area contributed by atoms with Crippen LogP contribution in [0, 0.1) is 5.92 Å². The Bertz CT molecular complexity index is 635. The van der Waals surface area contributed by atoms with E-state index in [1.807, 2.05) is 6.07 Å². The van der Waals surface area contributed by atoms with Crippen molar-refractivity contribution in [3.05, 3.63) is 48.6 Å². The molecule has 5 heteroatoms. The van der Waals surface area contributed by atoms with Crippen LogP contribution < -0.4 is 5.32 Å². The molecule has 1 amide bonds. The Morgan fingerprint density at radius 3 is 3.00 bits per heavy atom. The Kier molecular flexibility index (Phi) is 4.09. The maximum atomic E-state index is 12.2. The lowest BCUT2D eigenvalue weighted by Crippen LogP contribution is -2.31. The van der Waals surface area contributed by atoms with Gasteiger partial charge in [0.25, 0.3) is 0 Å². The van der Waals surface area contributed by atoms with Gasteiger partial charge in [-0.3, -0.25) is 9.78 Å². The Balaban J connectivity index is 1.68.